The molecule has 6 heteroatoms. The molecule has 1 heterocycles. The largest absolute Gasteiger partial charge is 0.372 e. The van der Waals surface area contributed by atoms with E-state index >= 15 is 0 Å². The maximum absolute atomic E-state index is 12.6. The Morgan fingerprint density at radius 2 is 2.03 bits per heavy atom. The van der Waals surface area contributed by atoms with Crippen LogP contribution in [0.2, 0.25) is 5.02 Å². The Morgan fingerprint density at radius 3 is 2.85 bits per heavy atom. The highest BCUT2D eigenvalue weighted by molar-refractivity contribution is 8.00. The molecule has 1 aliphatic carbocycles. The molecule has 3 aromatic rings. The van der Waals surface area contributed by atoms with Crippen molar-refractivity contribution < 1.29 is 4.79 Å². The van der Waals surface area contributed by atoms with Crippen LogP contribution in [0.1, 0.15) is 43.0 Å². The lowest BCUT2D eigenvalue weighted by molar-refractivity contribution is -0.118. The van der Waals surface area contributed by atoms with Crippen LogP contribution in [0.3, 0.4) is 0 Å². The Labute approximate surface area is 206 Å². The Kier molecular flexibility index (Phi) is 8.15. The van der Waals surface area contributed by atoms with Crippen LogP contribution in [0.4, 0.5) is 5.69 Å². The average molecular weight is 482 g/mol. The lowest BCUT2D eigenvalue weighted by Gasteiger charge is -2.23. The van der Waals surface area contributed by atoms with Crippen molar-refractivity contribution in [3.8, 4) is 0 Å². The van der Waals surface area contributed by atoms with Crippen LogP contribution < -0.4 is 10.2 Å². The zero-order valence-corrected chi connectivity index (χ0v) is 21.1. The van der Waals surface area contributed by atoms with E-state index in [1.807, 2.05) is 18.2 Å². The van der Waals surface area contributed by atoms with Crippen molar-refractivity contribution in [2.75, 3.05) is 30.3 Å². The summed E-state index contributed by atoms with van der Waals surface area (Å²) in [5.74, 6) is 0.489. The topological polar surface area (TPSA) is 45.2 Å². The van der Waals surface area contributed by atoms with Gasteiger partial charge in [0.25, 0.3) is 0 Å². The predicted octanol–water partition coefficient (Wildman–Crippen LogP) is 6.20. The Hall–Kier alpha value is -2.24. The molecular weight excluding hydrogens is 450 g/mol. The maximum Gasteiger partial charge on any atom is 0.230 e. The van der Waals surface area contributed by atoms with Gasteiger partial charge in [-0.15, -0.1) is 11.8 Å². The summed E-state index contributed by atoms with van der Waals surface area (Å²) >= 11 is 7.92. The molecule has 174 valence electrons. The van der Waals surface area contributed by atoms with Crippen molar-refractivity contribution in [2.24, 2.45) is 0 Å². The number of halogens is 1. The van der Waals surface area contributed by atoms with Crippen molar-refractivity contribution in [1.29, 1.82) is 0 Å². The van der Waals surface area contributed by atoms with E-state index in [1.165, 1.54) is 40.2 Å². The zero-order valence-electron chi connectivity index (χ0n) is 19.5. The fourth-order valence-electron chi connectivity index (χ4n) is 4.50. The van der Waals surface area contributed by atoms with E-state index in [0.29, 0.717) is 17.3 Å². The number of hydrogen-bond donors (Lipinski definition) is 1. The highest BCUT2D eigenvalue weighted by atomic mass is 35.5. The number of rotatable bonds is 9. The predicted molar refractivity (Wildman–Crippen MR) is 141 cm³/mol. The summed E-state index contributed by atoms with van der Waals surface area (Å²) in [7, 11) is 0. The van der Waals surface area contributed by atoms with E-state index < -0.39 is 0 Å². The standard InChI is InChI=1S/C27H32ClN3OS/c1-3-31(21-9-6-8-19(2)16-21)15-7-14-29-26(32)18-33-27-22-10-4-5-11-24(22)30-25-13-12-20(28)17-23(25)27/h6,8-9,12-13,16-17H,3-5,7,10-11,14-15,18H2,1-2H3,(H,29,32). The Balaban J connectivity index is 1.34. The van der Waals surface area contributed by atoms with E-state index in [-0.39, 0.29) is 5.91 Å². The van der Waals surface area contributed by atoms with Crippen LogP contribution in [0.25, 0.3) is 10.9 Å². The summed E-state index contributed by atoms with van der Waals surface area (Å²) in [5, 5.41) is 4.88. The van der Waals surface area contributed by atoms with Gasteiger partial charge in [0, 0.05) is 46.3 Å². The van der Waals surface area contributed by atoms with Gasteiger partial charge in [-0.05, 0) is 87.4 Å². The van der Waals surface area contributed by atoms with Gasteiger partial charge in [-0.2, -0.15) is 0 Å². The lowest BCUT2D eigenvalue weighted by atomic mass is 9.94. The minimum atomic E-state index is 0.0788. The molecule has 1 aliphatic rings. The quantitative estimate of drug-likeness (QED) is 0.292. The molecule has 0 atom stereocenters. The normalized spacial score (nSPS) is 13.1. The number of benzene rings is 2. The van der Waals surface area contributed by atoms with E-state index in [9.17, 15) is 4.79 Å². The summed E-state index contributed by atoms with van der Waals surface area (Å²) in [6, 6.07) is 14.5. The Bertz CT molecular complexity index is 1130. The second kappa shape index (κ2) is 11.3. The first kappa shape index (κ1) is 23.9. The zero-order chi connectivity index (χ0) is 23.2. The molecule has 0 aliphatic heterocycles. The first-order valence-corrected chi connectivity index (χ1v) is 13.2. The van der Waals surface area contributed by atoms with Crippen LogP contribution in [0, 0.1) is 6.92 Å². The van der Waals surface area contributed by atoms with Crippen LogP contribution in [0.5, 0.6) is 0 Å². The monoisotopic (exact) mass is 481 g/mol. The fourth-order valence-corrected chi connectivity index (χ4v) is 5.76. The first-order valence-electron chi connectivity index (χ1n) is 11.9. The molecule has 1 aromatic heterocycles. The number of carbonyl (C=O) groups is 1. The van der Waals surface area contributed by atoms with Gasteiger partial charge in [0.2, 0.25) is 5.91 Å². The van der Waals surface area contributed by atoms with E-state index in [1.54, 1.807) is 11.8 Å². The second-order valence-corrected chi connectivity index (χ2v) is 10.1. The number of thioether (sulfide) groups is 1. The van der Waals surface area contributed by atoms with Crippen LogP contribution in [0.15, 0.2) is 47.4 Å². The third kappa shape index (κ3) is 6.01. The van der Waals surface area contributed by atoms with Gasteiger partial charge in [-0.3, -0.25) is 9.78 Å². The van der Waals surface area contributed by atoms with E-state index in [4.69, 9.17) is 16.6 Å². The minimum Gasteiger partial charge on any atom is -0.372 e. The summed E-state index contributed by atoms with van der Waals surface area (Å²) < 4.78 is 0. The lowest BCUT2D eigenvalue weighted by Crippen LogP contribution is -2.30. The van der Waals surface area contributed by atoms with Gasteiger partial charge >= 0.3 is 0 Å². The molecule has 33 heavy (non-hydrogen) atoms. The second-order valence-electron chi connectivity index (χ2n) is 8.65. The van der Waals surface area contributed by atoms with Gasteiger partial charge in [-0.25, -0.2) is 0 Å². The molecule has 4 nitrogen and oxygen atoms in total. The number of nitrogens with one attached hydrogen (secondary N) is 1. The van der Waals surface area contributed by atoms with Gasteiger partial charge in [-0.1, -0.05) is 23.7 Å². The number of aryl methyl sites for hydroxylation is 2. The molecular formula is C27H32ClN3OS. The van der Waals surface area contributed by atoms with Crippen molar-refractivity contribution in [3.63, 3.8) is 0 Å². The van der Waals surface area contributed by atoms with Crippen LogP contribution >= 0.6 is 23.4 Å². The highest BCUT2D eigenvalue weighted by Gasteiger charge is 2.19. The number of aromatic nitrogens is 1. The molecule has 0 saturated carbocycles. The molecule has 2 aromatic carbocycles. The van der Waals surface area contributed by atoms with Crippen molar-refractivity contribution in [1.82, 2.24) is 10.3 Å². The molecule has 1 amide bonds. The maximum atomic E-state index is 12.6. The summed E-state index contributed by atoms with van der Waals surface area (Å²) in [6.07, 6.45) is 5.32. The Morgan fingerprint density at radius 1 is 1.18 bits per heavy atom. The molecule has 0 bridgehead atoms. The molecule has 4 rings (SSSR count). The van der Waals surface area contributed by atoms with E-state index in [2.05, 4.69) is 48.3 Å². The SMILES string of the molecule is CCN(CCCNC(=O)CSc1c2c(nc3ccc(Cl)cc13)CCCC2)c1cccc(C)c1. The molecule has 0 saturated heterocycles. The number of fused-ring (bicyclic) bond motifs is 2. The van der Waals surface area contributed by atoms with Crippen molar-refractivity contribution >= 4 is 45.9 Å². The number of hydrogen-bond acceptors (Lipinski definition) is 4. The van der Waals surface area contributed by atoms with Crippen LogP contribution in [-0.2, 0) is 17.6 Å². The average Bonchev–Trinajstić information content (AvgIpc) is 2.82. The molecule has 0 unspecified atom stereocenters. The fraction of sp³-hybridized carbons (Fsp3) is 0.407. The third-order valence-electron chi connectivity index (χ3n) is 6.19. The van der Waals surface area contributed by atoms with Crippen molar-refractivity contribution in [2.45, 2.75) is 50.8 Å². The van der Waals surface area contributed by atoms with E-state index in [0.717, 1.165) is 43.3 Å². The smallest absolute Gasteiger partial charge is 0.230 e. The highest BCUT2D eigenvalue weighted by Crippen LogP contribution is 2.37. The van der Waals surface area contributed by atoms with Crippen molar-refractivity contribution in [3.05, 3.63) is 64.3 Å². The molecule has 0 radical (unpaired) electrons. The van der Waals surface area contributed by atoms with Gasteiger partial charge < -0.3 is 10.2 Å². The summed E-state index contributed by atoms with van der Waals surface area (Å²) in [6.45, 7) is 6.85. The molecule has 1 N–H and O–H groups in total. The van der Waals surface area contributed by atoms with Gasteiger partial charge in [0.15, 0.2) is 0 Å². The number of anilines is 1. The number of carbonyl (C=O) groups excluding carboxylic acids is 1. The number of pyridine rings is 1. The minimum absolute atomic E-state index is 0.0788. The summed E-state index contributed by atoms with van der Waals surface area (Å²) in [4.78, 5) is 21.1. The molecule has 0 fully saturated rings. The number of nitrogens with zero attached hydrogens (tertiary/aromatic N) is 2. The number of amides is 1. The van der Waals surface area contributed by atoms with Gasteiger partial charge in [0.05, 0.1) is 11.3 Å². The summed E-state index contributed by atoms with van der Waals surface area (Å²) in [5.41, 5.74) is 5.98. The third-order valence-corrected chi connectivity index (χ3v) is 7.59. The van der Waals surface area contributed by atoms with Crippen LogP contribution in [-0.4, -0.2) is 36.3 Å². The molecule has 0 spiro atoms. The first-order chi connectivity index (χ1) is 16.0. The van der Waals surface area contributed by atoms with Gasteiger partial charge in [0.1, 0.15) is 0 Å².